The highest BCUT2D eigenvalue weighted by molar-refractivity contribution is 5.87. The Morgan fingerprint density at radius 3 is 2.09 bits per heavy atom. The number of nitrogens with zero attached hydrogens (tertiary/aromatic N) is 1. The second kappa shape index (κ2) is 7.63. The molecule has 0 spiro atoms. The fraction of sp³-hybridized carbons (Fsp3) is 0.842. The van der Waals surface area contributed by atoms with Crippen molar-refractivity contribution >= 4 is 5.91 Å². The van der Waals surface area contributed by atoms with Crippen LogP contribution >= 0.6 is 0 Å². The molecule has 0 aromatic carbocycles. The Bertz CT molecular complexity index is 383. The van der Waals surface area contributed by atoms with E-state index >= 15 is 0 Å². The molecule has 0 aliphatic carbocycles. The third-order valence-electron chi connectivity index (χ3n) is 6.30. The average Bonchev–Trinajstić information content (AvgIpc) is 2.55. The number of nitrogens with one attached hydrogen (secondary N) is 1. The highest BCUT2D eigenvalue weighted by atomic mass is 16.1. The summed E-state index contributed by atoms with van der Waals surface area (Å²) in [4.78, 5) is 14.7. The highest BCUT2D eigenvalue weighted by Crippen LogP contribution is 2.48. The number of rotatable bonds is 7. The normalized spacial score (nSPS) is 27.4. The topological polar surface area (TPSA) is 32.3 Å². The SMILES string of the molecule is C=CC(=O)NC1C(C)CC(CC)(CC)N(CC)C1(CC)CC. The van der Waals surface area contributed by atoms with Gasteiger partial charge in [-0.25, -0.2) is 0 Å². The van der Waals surface area contributed by atoms with E-state index in [2.05, 4.69) is 58.3 Å². The van der Waals surface area contributed by atoms with Gasteiger partial charge in [0.2, 0.25) is 5.91 Å². The maximum absolute atomic E-state index is 12.0. The molecule has 0 radical (unpaired) electrons. The van der Waals surface area contributed by atoms with E-state index in [-0.39, 0.29) is 23.0 Å². The standard InChI is InChI=1S/C19H36N2O/c1-8-16(22)20-17-15(7)14-18(9-2,10-3)21(13-6)19(17,11-4)12-5/h8,15,17H,1,9-14H2,2-7H3,(H,20,22). The van der Waals surface area contributed by atoms with Crippen molar-refractivity contribution in [3.8, 4) is 0 Å². The molecule has 0 aromatic heterocycles. The third-order valence-corrected chi connectivity index (χ3v) is 6.30. The average molecular weight is 309 g/mol. The van der Waals surface area contributed by atoms with Gasteiger partial charge in [-0.3, -0.25) is 9.69 Å². The van der Waals surface area contributed by atoms with Crippen LogP contribution < -0.4 is 5.32 Å². The van der Waals surface area contributed by atoms with Crippen molar-refractivity contribution in [2.75, 3.05) is 6.54 Å². The molecule has 2 unspecified atom stereocenters. The van der Waals surface area contributed by atoms with E-state index in [0.717, 1.165) is 25.8 Å². The van der Waals surface area contributed by atoms with Crippen LogP contribution in [-0.4, -0.2) is 34.5 Å². The lowest BCUT2D eigenvalue weighted by molar-refractivity contribution is -0.131. The summed E-state index contributed by atoms with van der Waals surface area (Å²) in [6.07, 6.45) is 7.02. The first-order chi connectivity index (χ1) is 10.4. The van der Waals surface area contributed by atoms with Crippen LogP contribution in [0.3, 0.4) is 0 Å². The fourth-order valence-corrected chi connectivity index (χ4v) is 5.13. The van der Waals surface area contributed by atoms with Crippen molar-refractivity contribution in [3.63, 3.8) is 0 Å². The summed E-state index contributed by atoms with van der Waals surface area (Å²) < 4.78 is 0. The van der Waals surface area contributed by atoms with Crippen LogP contribution in [-0.2, 0) is 4.79 Å². The van der Waals surface area contributed by atoms with Gasteiger partial charge in [0.25, 0.3) is 0 Å². The number of amides is 1. The Kier molecular flexibility index (Phi) is 6.66. The van der Waals surface area contributed by atoms with Gasteiger partial charge in [-0.15, -0.1) is 0 Å². The zero-order valence-electron chi connectivity index (χ0n) is 15.5. The number of likely N-dealkylation sites (N-methyl/N-ethyl adjacent to an activating group) is 1. The maximum Gasteiger partial charge on any atom is 0.243 e. The molecule has 1 aliphatic rings. The molecule has 1 saturated heterocycles. The Hall–Kier alpha value is -0.830. The molecule has 3 heteroatoms. The number of hydrogen-bond donors (Lipinski definition) is 1. The Morgan fingerprint density at radius 2 is 1.73 bits per heavy atom. The monoisotopic (exact) mass is 308 g/mol. The lowest BCUT2D eigenvalue weighted by atomic mass is 9.64. The van der Waals surface area contributed by atoms with Crippen LogP contribution in [0.25, 0.3) is 0 Å². The smallest absolute Gasteiger partial charge is 0.243 e. The molecular weight excluding hydrogens is 272 g/mol. The van der Waals surface area contributed by atoms with Crippen molar-refractivity contribution in [2.24, 2.45) is 5.92 Å². The fourth-order valence-electron chi connectivity index (χ4n) is 5.13. The first kappa shape index (κ1) is 19.2. The van der Waals surface area contributed by atoms with Gasteiger partial charge in [-0.2, -0.15) is 0 Å². The zero-order valence-corrected chi connectivity index (χ0v) is 15.5. The second-order valence-electron chi connectivity index (χ2n) is 6.86. The molecular formula is C19H36N2O. The molecule has 3 nitrogen and oxygen atoms in total. The molecule has 0 aromatic rings. The van der Waals surface area contributed by atoms with Crippen LogP contribution in [0, 0.1) is 5.92 Å². The molecule has 22 heavy (non-hydrogen) atoms. The van der Waals surface area contributed by atoms with Crippen LogP contribution in [0.4, 0.5) is 0 Å². The number of likely N-dealkylation sites (tertiary alicyclic amines) is 1. The third kappa shape index (κ3) is 2.97. The second-order valence-corrected chi connectivity index (χ2v) is 6.86. The number of carbonyl (C=O) groups excluding carboxylic acids is 1. The van der Waals surface area contributed by atoms with Crippen LogP contribution in [0.2, 0.25) is 0 Å². The molecule has 2 atom stereocenters. The number of carbonyl (C=O) groups is 1. The summed E-state index contributed by atoms with van der Waals surface area (Å²) in [5.41, 5.74) is 0.298. The van der Waals surface area contributed by atoms with Gasteiger partial charge < -0.3 is 5.32 Å². The molecule has 1 amide bonds. The summed E-state index contributed by atoms with van der Waals surface area (Å²) in [5.74, 6) is 0.436. The van der Waals surface area contributed by atoms with Crippen LogP contribution in [0.1, 0.15) is 73.6 Å². The Labute approximate surface area is 137 Å². The zero-order chi connectivity index (χ0) is 17.0. The van der Waals surface area contributed by atoms with Gasteiger partial charge in [-0.05, 0) is 50.6 Å². The lowest BCUT2D eigenvalue weighted by Crippen LogP contribution is -2.73. The molecule has 128 valence electrons. The number of piperidine rings is 1. The van der Waals surface area contributed by atoms with Gasteiger partial charge in [0.15, 0.2) is 0 Å². The Morgan fingerprint density at radius 1 is 1.18 bits per heavy atom. The van der Waals surface area contributed by atoms with E-state index < -0.39 is 0 Å². The quantitative estimate of drug-likeness (QED) is 0.717. The molecule has 1 fully saturated rings. The van der Waals surface area contributed by atoms with Gasteiger partial charge >= 0.3 is 0 Å². The first-order valence-corrected chi connectivity index (χ1v) is 9.11. The molecule has 0 saturated carbocycles. The predicted octanol–water partition coefficient (Wildman–Crippen LogP) is 4.14. The molecule has 1 N–H and O–H groups in total. The van der Waals surface area contributed by atoms with E-state index in [4.69, 9.17) is 0 Å². The van der Waals surface area contributed by atoms with Gasteiger partial charge in [-0.1, -0.05) is 48.1 Å². The molecule has 1 heterocycles. The number of hydrogen-bond acceptors (Lipinski definition) is 2. The van der Waals surface area contributed by atoms with Crippen molar-refractivity contribution in [3.05, 3.63) is 12.7 Å². The first-order valence-electron chi connectivity index (χ1n) is 9.11. The van der Waals surface area contributed by atoms with Gasteiger partial charge in [0.05, 0.1) is 6.04 Å². The maximum atomic E-state index is 12.0. The highest BCUT2D eigenvalue weighted by Gasteiger charge is 2.55. The summed E-state index contributed by atoms with van der Waals surface area (Å²) in [7, 11) is 0. The minimum atomic E-state index is -0.0420. The minimum absolute atomic E-state index is 0.0388. The van der Waals surface area contributed by atoms with E-state index in [1.54, 1.807) is 0 Å². The van der Waals surface area contributed by atoms with E-state index in [1.807, 2.05) is 0 Å². The van der Waals surface area contributed by atoms with Crippen LogP contribution in [0.5, 0.6) is 0 Å². The van der Waals surface area contributed by atoms with E-state index in [0.29, 0.717) is 5.92 Å². The summed E-state index contributed by atoms with van der Waals surface area (Å²) in [6, 6.07) is 0.194. The van der Waals surface area contributed by atoms with E-state index in [9.17, 15) is 4.79 Å². The minimum Gasteiger partial charge on any atom is -0.348 e. The van der Waals surface area contributed by atoms with Crippen molar-refractivity contribution in [1.29, 1.82) is 0 Å². The van der Waals surface area contributed by atoms with Crippen LogP contribution in [0.15, 0.2) is 12.7 Å². The largest absolute Gasteiger partial charge is 0.348 e. The van der Waals surface area contributed by atoms with Gasteiger partial charge in [0.1, 0.15) is 0 Å². The van der Waals surface area contributed by atoms with Gasteiger partial charge in [0, 0.05) is 11.1 Å². The van der Waals surface area contributed by atoms with E-state index in [1.165, 1.54) is 18.9 Å². The predicted molar refractivity (Wildman–Crippen MR) is 94.9 cm³/mol. The van der Waals surface area contributed by atoms with Crippen molar-refractivity contribution in [2.45, 2.75) is 90.8 Å². The summed E-state index contributed by atoms with van der Waals surface area (Å²) in [6.45, 7) is 18.4. The molecule has 0 bridgehead atoms. The molecule has 1 rings (SSSR count). The van der Waals surface area contributed by atoms with Crippen molar-refractivity contribution < 1.29 is 4.79 Å². The summed E-state index contributed by atoms with van der Waals surface area (Å²) >= 11 is 0. The summed E-state index contributed by atoms with van der Waals surface area (Å²) in [5, 5.41) is 3.26. The Balaban J connectivity index is 3.36. The lowest BCUT2D eigenvalue weighted by Gasteiger charge is -2.63. The molecule has 1 aliphatic heterocycles. The van der Waals surface area contributed by atoms with Crippen molar-refractivity contribution in [1.82, 2.24) is 10.2 Å².